The number of allylic oxidation sites excluding steroid dienone is 2. The van der Waals surface area contributed by atoms with E-state index in [2.05, 4.69) is 19.2 Å². The molecule has 21 heavy (non-hydrogen) atoms. The predicted molar refractivity (Wildman–Crippen MR) is 80.7 cm³/mol. The second-order valence-electron chi connectivity index (χ2n) is 6.36. The molecule has 4 nitrogen and oxygen atoms in total. The van der Waals surface area contributed by atoms with E-state index in [1.807, 2.05) is 30.3 Å². The lowest BCUT2D eigenvalue weighted by Gasteiger charge is -2.32. The Hall–Kier alpha value is -2.36. The van der Waals surface area contributed by atoms with Crippen molar-refractivity contribution in [2.24, 2.45) is 5.73 Å². The molecule has 0 bridgehead atoms. The Morgan fingerprint density at radius 3 is 2.76 bits per heavy atom. The maximum absolute atomic E-state index is 12.1. The monoisotopic (exact) mass is 282 g/mol. The van der Waals surface area contributed by atoms with E-state index in [4.69, 9.17) is 5.73 Å². The quantitative estimate of drug-likeness (QED) is 0.772. The number of rotatable bonds is 1. The van der Waals surface area contributed by atoms with Crippen molar-refractivity contribution in [2.45, 2.75) is 31.2 Å². The minimum absolute atomic E-state index is 0.000596. The first-order chi connectivity index (χ1) is 9.84. The van der Waals surface area contributed by atoms with Crippen molar-refractivity contribution in [1.29, 1.82) is 0 Å². The maximum Gasteiger partial charge on any atom is 0.243 e. The molecule has 2 aliphatic rings. The third kappa shape index (κ3) is 2.07. The summed E-state index contributed by atoms with van der Waals surface area (Å²) < 4.78 is 0. The van der Waals surface area contributed by atoms with E-state index in [0.717, 1.165) is 17.7 Å². The van der Waals surface area contributed by atoms with Crippen LogP contribution in [0.15, 0.2) is 48.2 Å². The van der Waals surface area contributed by atoms with Gasteiger partial charge in [0.05, 0.1) is 5.41 Å². The smallest absolute Gasteiger partial charge is 0.243 e. The van der Waals surface area contributed by atoms with Gasteiger partial charge in [-0.05, 0) is 31.9 Å². The number of fused-ring (bicyclic) bond motifs is 2. The molecule has 0 aromatic heterocycles. The zero-order valence-electron chi connectivity index (χ0n) is 12.1. The first-order valence-corrected chi connectivity index (χ1v) is 6.97. The van der Waals surface area contributed by atoms with Gasteiger partial charge in [0.25, 0.3) is 0 Å². The van der Waals surface area contributed by atoms with Crippen molar-refractivity contribution < 1.29 is 9.59 Å². The van der Waals surface area contributed by atoms with E-state index in [0.29, 0.717) is 5.56 Å². The SMILES string of the molecule is CC1(C)C[C@]2(C=CC(=O)c3ccccc32)/C(=C/C(N)=O)N1. The molecule has 1 amide bonds. The number of benzene rings is 1. The first-order valence-electron chi connectivity index (χ1n) is 6.97. The van der Waals surface area contributed by atoms with Crippen LogP contribution in [0.4, 0.5) is 0 Å². The minimum atomic E-state index is -0.489. The number of amides is 1. The van der Waals surface area contributed by atoms with E-state index < -0.39 is 11.3 Å². The molecule has 3 N–H and O–H groups in total. The highest BCUT2D eigenvalue weighted by atomic mass is 16.1. The Morgan fingerprint density at radius 1 is 1.33 bits per heavy atom. The summed E-state index contributed by atoms with van der Waals surface area (Å²) in [6.45, 7) is 4.15. The molecule has 1 aromatic carbocycles. The summed E-state index contributed by atoms with van der Waals surface area (Å²) in [5, 5.41) is 3.38. The van der Waals surface area contributed by atoms with Crippen LogP contribution in [0.5, 0.6) is 0 Å². The summed E-state index contributed by atoms with van der Waals surface area (Å²) in [5.41, 5.74) is 7.07. The van der Waals surface area contributed by atoms with Crippen LogP contribution >= 0.6 is 0 Å². The molecule has 1 saturated heterocycles. The average molecular weight is 282 g/mol. The number of nitrogens with two attached hydrogens (primary N) is 1. The lowest BCUT2D eigenvalue weighted by atomic mass is 9.69. The number of ketones is 1. The molecule has 3 rings (SSSR count). The zero-order valence-corrected chi connectivity index (χ0v) is 12.1. The molecule has 1 aliphatic heterocycles. The Morgan fingerprint density at radius 2 is 2.05 bits per heavy atom. The zero-order chi connectivity index (χ0) is 15.3. The minimum Gasteiger partial charge on any atom is -0.382 e. The second kappa shape index (κ2) is 4.32. The lowest BCUT2D eigenvalue weighted by Crippen LogP contribution is -2.31. The summed E-state index contributed by atoms with van der Waals surface area (Å²) in [6, 6.07) is 7.56. The highest BCUT2D eigenvalue weighted by Gasteiger charge is 2.49. The molecule has 1 fully saturated rings. The van der Waals surface area contributed by atoms with Crippen LogP contribution in [0.25, 0.3) is 0 Å². The molecule has 1 aliphatic carbocycles. The Kier molecular flexibility index (Phi) is 2.80. The van der Waals surface area contributed by atoms with Gasteiger partial charge in [0.1, 0.15) is 0 Å². The Labute approximate surface area is 123 Å². The summed E-state index contributed by atoms with van der Waals surface area (Å²) >= 11 is 0. The third-order valence-corrected chi connectivity index (χ3v) is 4.15. The first kappa shape index (κ1) is 13.6. The molecule has 0 radical (unpaired) electrons. The molecular weight excluding hydrogens is 264 g/mol. The van der Waals surface area contributed by atoms with Gasteiger partial charge in [-0.3, -0.25) is 9.59 Å². The Balaban J connectivity index is 2.26. The second-order valence-corrected chi connectivity index (χ2v) is 6.36. The van der Waals surface area contributed by atoms with Gasteiger partial charge < -0.3 is 11.1 Å². The fourth-order valence-corrected chi connectivity index (χ4v) is 3.49. The van der Waals surface area contributed by atoms with Gasteiger partial charge in [-0.2, -0.15) is 0 Å². The van der Waals surface area contributed by atoms with Crippen LogP contribution < -0.4 is 11.1 Å². The van der Waals surface area contributed by atoms with E-state index in [1.54, 1.807) is 6.08 Å². The number of carbonyl (C=O) groups is 2. The van der Waals surface area contributed by atoms with Gasteiger partial charge in [-0.1, -0.05) is 30.3 Å². The molecule has 108 valence electrons. The molecule has 1 heterocycles. The molecule has 0 unspecified atom stereocenters. The number of nitrogens with one attached hydrogen (secondary N) is 1. The highest BCUT2D eigenvalue weighted by Crippen LogP contribution is 2.48. The van der Waals surface area contributed by atoms with Gasteiger partial charge in [-0.25, -0.2) is 0 Å². The highest BCUT2D eigenvalue weighted by molar-refractivity contribution is 6.08. The van der Waals surface area contributed by atoms with Crippen LogP contribution in [-0.2, 0) is 10.2 Å². The number of carbonyl (C=O) groups excluding carboxylic acids is 2. The number of hydrogen-bond acceptors (Lipinski definition) is 3. The molecule has 0 saturated carbocycles. The lowest BCUT2D eigenvalue weighted by molar-refractivity contribution is -0.113. The summed E-state index contributed by atoms with van der Waals surface area (Å²) in [6.07, 6.45) is 5.69. The number of hydrogen-bond donors (Lipinski definition) is 2. The normalized spacial score (nSPS) is 27.7. The van der Waals surface area contributed by atoms with Crippen LogP contribution in [0.2, 0.25) is 0 Å². The summed E-state index contributed by atoms with van der Waals surface area (Å²) in [4.78, 5) is 23.5. The standard InChI is InChI=1S/C17H18N2O2/c1-16(2)10-17(14(19-16)9-15(18)21)8-7-13(20)11-5-3-4-6-12(11)17/h3-9,19H,10H2,1-2H3,(H2,18,21)/b14-9-/t17-/m0/s1. The van der Waals surface area contributed by atoms with Gasteiger partial charge in [0.2, 0.25) is 5.91 Å². The van der Waals surface area contributed by atoms with E-state index in [9.17, 15) is 9.59 Å². The number of primary amides is 1. The van der Waals surface area contributed by atoms with Crippen molar-refractivity contribution in [2.75, 3.05) is 0 Å². The summed E-state index contributed by atoms with van der Waals surface area (Å²) in [7, 11) is 0. The van der Waals surface area contributed by atoms with Crippen LogP contribution in [-0.4, -0.2) is 17.2 Å². The molecule has 4 heteroatoms. The van der Waals surface area contributed by atoms with Crippen LogP contribution in [0.3, 0.4) is 0 Å². The summed E-state index contributed by atoms with van der Waals surface area (Å²) in [5.74, 6) is -0.489. The van der Waals surface area contributed by atoms with Crippen LogP contribution in [0.1, 0.15) is 36.2 Å². The topological polar surface area (TPSA) is 72.2 Å². The van der Waals surface area contributed by atoms with Crippen molar-refractivity contribution in [1.82, 2.24) is 5.32 Å². The Bertz CT molecular complexity index is 700. The van der Waals surface area contributed by atoms with Crippen molar-refractivity contribution in [3.05, 3.63) is 59.3 Å². The van der Waals surface area contributed by atoms with Gasteiger partial charge in [0.15, 0.2) is 5.78 Å². The average Bonchev–Trinajstić information content (AvgIpc) is 2.65. The maximum atomic E-state index is 12.1. The molecule has 1 aromatic rings. The fraction of sp³-hybridized carbons (Fsp3) is 0.294. The van der Waals surface area contributed by atoms with Gasteiger partial charge >= 0.3 is 0 Å². The van der Waals surface area contributed by atoms with Crippen molar-refractivity contribution >= 4 is 11.7 Å². The molecule has 1 spiro atoms. The third-order valence-electron chi connectivity index (χ3n) is 4.15. The molecule has 1 atom stereocenters. The van der Waals surface area contributed by atoms with Gasteiger partial charge in [-0.15, -0.1) is 0 Å². The fourth-order valence-electron chi connectivity index (χ4n) is 3.49. The van der Waals surface area contributed by atoms with E-state index in [-0.39, 0.29) is 11.3 Å². The predicted octanol–water partition coefficient (Wildman–Crippen LogP) is 1.82. The largest absolute Gasteiger partial charge is 0.382 e. The van der Waals surface area contributed by atoms with E-state index in [1.165, 1.54) is 6.08 Å². The van der Waals surface area contributed by atoms with Gasteiger partial charge in [0, 0.05) is 22.9 Å². The van der Waals surface area contributed by atoms with Crippen LogP contribution in [0, 0.1) is 0 Å². The molecular formula is C17H18N2O2. The van der Waals surface area contributed by atoms with Crippen molar-refractivity contribution in [3.8, 4) is 0 Å². The van der Waals surface area contributed by atoms with E-state index >= 15 is 0 Å². The van der Waals surface area contributed by atoms with Crippen molar-refractivity contribution in [3.63, 3.8) is 0 Å².